The average molecular weight is 401 g/mol. The second-order valence-corrected chi connectivity index (χ2v) is 6.45. The largest absolute Gasteiger partial charge is 0.424 e. The second kappa shape index (κ2) is 7.65. The van der Waals surface area contributed by atoms with Gasteiger partial charge in [-0.3, -0.25) is 4.79 Å². The van der Waals surface area contributed by atoms with Gasteiger partial charge in [-0.2, -0.15) is 26.3 Å². The van der Waals surface area contributed by atoms with E-state index in [-0.39, 0.29) is 24.2 Å². The SMILES string of the molecule is O=C(CCC(F)(F)F)N1CCCCc2cc(C(O)(CF)C(F)(F)F)ccc21. The Labute approximate surface area is 150 Å². The number of carbonyl (C=O) groups is 1. The molecule has 1 atom stereocenters. The van der Waals surface area contributed by atoms with Gasteiger partial charge in [-0.25, -0.2) is 4.39 Å². The zero-order valence-corrected chi connectivity index (χ0v) is 14.1. The first-order valence-electron chi connectivity index (χ1n) is 8.24. The summed E-state index contributed by atoms with van der Waals surface area (Å²) in [5.41, 5.74) is -3.95. The fourth-order valence-corrected chi connectivity index (χ4v) is 2.97. The summed E-state index contributed by atoms with van der Waals surface area (Å²) in [6, 6.07) is 2.94. The Morgan fingerprint density at radius 3 is 2.33 bits per heavy atom. The number of nitrogens with zero attached hydrogens (tertiary/aromatic N) is 1. The molecule has 1 amide bonds. The van der Waals surface area contributed by atoms with Crippen LogP contribution in [-0.2, 0) is 16.8 Å². The Morgan fingerprint density at radius 1 is 1.11 bits per heavy atom. The van der Waals surface area contributed by atoms with Crippen LogP contribution in [0.2, 0.25) is 0 Å². The molecular formula is C17H18F7NO2. The van der Waals surface area contributed by atoms with Crippen LogP contribution < -0.4 is 4.90 Å². The first-order valence-corrected chi connectivity index (χ1v) is 8.24. The maximum absolute atomic E-state index is 13.1. The Bertz CT molecular complexity index is 687. The summed E-state index contributed by atoms with van der Waals surface area (Å²) in [6.07, 6.45) is -10.6. The predicted molar refractivity (Wildman–Crippen MR) is 82.9 cm³/mol. The van der Waals surface area contributed by atoms with E-state index < -0.39 is 48.9 Å². The van der Waals surface area contributed by atoms with E-state index in [2.05, 4.69) is 0 Å². The summed E-state index contributed by atoms with van der Waals surface area (Å²) < 4.78 is 89.2. The Morgan fingerprint density at radius 2 is 1.78 bits per heavy atom. The Hall–Kier alpha value is -1.84. The Kier molecular flexibility index (Phi) is 6.08. The molecule has 0 bridgehead atoms. The van der Waals surface area contributed by atoms with Crippen molar-refractivity contribution in [3.8, 4) is 0 Å². The smallest absolute Gasteiger partial charge is 0.374 e. The zero-order valence-electron chi connectivity index (χ0n) is 14.1. The third kappa shape index (κ3) is 4.72. The lowest BCUT2D eigenvalue weighted by Crippen LogP contribution is -2.44. The molecule has 1 heterocycles. The van der Waals surface area contributed by atoms with Crippen molar-refractivity contribution in [1.82, 2.24) is 0 Å². The molecule has 2 rings (SSSR count). The number of carbonyl (C=O) groups excluding carboxylic acids is 1. The third-order valence-electron chi connectivity index (χ3n) is 4.51. The molecule has 152 valence electrons. The highest BCUT2D eigenvalue weighted by molar-refractivity contribution is 5.94. The van der Waals surface area contributed by atoms with Crippen molar-refractivity contribution in [1.29, 1.82) is 0 Å². The molecule has 1 N–H and O–H groups in total. The van der Waals surface area contributed by atoms with Gasteiger partial charge in [0.2, 0.25) is 11.5 Å². The summed E-state index contributed by atoms with van der Waals surface area (Å²) in [7, 11) is 0. The van der Waals surface area contributed by atoms with E-state index in [0.29, 0.717) is 12.8 Å². The number of benzene rings is 1. The van der Waals surface area contributed by atoms with Crippen LogP contribution >= 0.6 is 0 Å². The predicted octanol–water partition coefficient (Wildman–Crippen LogP) is 4.42. The molecule has 0 saturated carbocycles. The molecule has 0 aliphatic carbocycles. The molecule has 1 aliphatic heterocycles. The molecule has 1 aliphatic rings. The zero-order chi connectivity index (χ0) is 20.5. The number of rotatable bonds is 4. The van der Waals surface area contributed by atoms with E-state index in [0.717, 1.165) is 23.1 Å². The molecule has 0 spiro atoms. The first kappa shape index (κ1) is 21.5. The van der Waals surface area contributed by atoms with E-state index in [1.54, 1.807) is 0 Å². The topological polar surface area (TPSA) is 40.5 Å². The highest BCUT2D eigenvalue weighted by atomic mass is 19.4. The van der Waals surface area contributed by atoms with Gasteiger partial charge in [0.25, 0.3) is 0 Å². The maximum Gasteiger partial charge on any atom is 0.424 e. The molecule has 0 saturated heterocycles. The van der Waals surface area contributed by atoms with E-state index in [1.807, 2.05) is 0 Å². The standard InChI is InChI=1S/C17H18F7NO2/c18-10-15(27,17(22,23)24)12-4-5-13-11(9-12)3-1-2-8-25(13)14(26)6-7-16(19,20)21/h4-5,9,27H,1-3,6-8,10H2. The van der Waals surface area contributed by atoms with Crippen molar-refractivity contribution in [3.05, 3.63) is 29.3 Å². The van der Waals surface area contributed by atoms with Crippen LogP contribution in [0.4, 0.5) is 36.4 Å². The van der Waals surface area contributed by atoms with Crippen LogP contribution in [-0.4, -0.2) is 36.6 Å². The van der Waals surface area contributed by atoms with Crippen molar-refractivity contribution >= 4 is 11.6 Å². The van der Waals surface area contributed by atoms with Crippen LogP contribution in [0.25, 0.3) is 0 Å². The van der Waals surface area contributed by atoms with Crippen LogP contribution in [0.3, 0.4) is 0 Å². The lowest BCUT2D eigenvalue weighted by atomic mass is 9.91. The molecule has 1 unspecified atom stereocenters. The van der Waals surface area contributed by atoms with Gasteiger partial charge in [-0.1, -0.05) is 12.1 Å². The Balaban J connectivity index is 2.36. The lowest BCUT2D eigenvalue weighted by Gasteiger charge is -2.30. The summed E-state index contributed by atoms with van der Waals surface area (Å²) >= 11 is 0. The van der Waals surface area contributed by atoms with Crippen LogP contribution in [0, 0.1) is 0 Å². The highest BCUT2D eigenvalue weighted by Crippen LogP contribution is 2.41. The van der Waals surface area contributed by atoms with Gasteiger partial charge in [0.1, 0.15) is 6.67 Å². The molecule has 27 heavy (non-hydrogen) atoms. The van der Waals surface area contributed by atoms with E-state index in [4.69, 9.17) is 0 Å². The second-order valence-electron chi connectivity index (χ2n) is 6.45. The van der Waals surface area contributed by atoms with E-state index in [1.165, 1.54) is 0 Å². The van der Waals surface area contributed by atoms with Gasteiger partial charge in [0.05, 0.1) is 6.42 Å². The number of alkyl halides is 7. The minimum Gasteiger partial charge on any atom is -0.374 e. The lowest BCUT2D eigenvalue weighted by molar-refractivity contribution is -0.271. The van der Waals surface area contributed by atoms with Crippen molar-refractivity contribution in [2.45, 2.75) is 50.1 Å². The fraction of sp³-hybridized carbons (Fsp3) is 0.588. The van der Waals surface area contributed by atoms with Crippen LogP contribution in [0.15, 0.2) is 18.2 Å². The number of hydrogen-bond donors (Lipinski definition) is 1. The molecule has 10 heteroatoms. The minimum atomic E-state index is -5.25. The minimum absolute atomic E-state index is 0.135. The summed E-state index contributed by atoms with van der Waals surface area (Å²) in [5.74, 6) is -0.792. The van der Waals surface area contributed by atoms with Crippen LogP contribution in [0.1, 0.15) is 36.8 Å². The van der Waals surface area contributed by atoms with E-state index in [9.17, 15) is 40.6 Å². The molecule has 0 fully saturated rings. The number of anilines is 1. The number of aliphatic hydroxyl groups is 1. The summed E-state index contributed by atoms with van der Waals surface area (Å²) in [5, 5.41) is 9.74. The maximum atomic E-state index is 13.1. The summed E-state index contributed by atoms with van der Waals surface area (Å²) in [4.78, 5) is 13.3. The van der Waals surface area contributed by atoms with E-state index >= 15 is 0 Å². The fourth-order valence-electron chi connectivity index (χ4n) is 2.97. The monoisotopic (exact) mass is 401 g/mol. The average Bonchev–Trinajstić information content (AvgIpc) is 2.79. The van der Waals surface area contributed by atoms with Crippen molar-refractivity contribution in [2.24, 2.45) is 0 Å². The molecule has 3 nitrogen and oxygen atoms in total. The highest BCUT2D eigenvalue weighted by Gasteiger charge is 2.55. The molecular weight excluding hydrogens is 383 g/mol. The number of amides is 1. The van der Waals surface area contributed by atoms with Gasteiger partial charge in [-0.15, -0.1) is 0 Å². The molecule has 0 aromatic heterocycles. The van der Waals surface area contributed by atoms with Gasteiger partial charge < -0.3 is 10.0 Å². The quantitative estimate of drug-likeness (QED) is 0.759. The molecule has 0 radical (unpaired) electrons. The summed E-state index contributed by atoms with van der Waals surface area (Å²) in [6.45, 7) is -1.95. The first-order chi connectivity index (χ1) is 12.4. The third-order valence-corrected chi connectivity index (χ3v) is 4.51. The number of halogens is 7. The van der Waals surface area contributed by atoms with Gasteiger partial charge in [0.15, 0.2) is 0 Å². The van der Waals surface area contributed by atoms with Gasteiger partial charge in [0, 0.05) is 18.7 Å². The van der Waals surface area contributed by atoms with Crippen molar-refractivity contribution in [3.63, 3.8) is 0 Å². The number of hydrogen-bond acceptors (Lipinski definition) is 2. The van der Waals surface area contributed by atoms with Crippen LogP contribution in [0.5, 0.6) is 0 Å². The van der Waals surface area contributed by atoms with Gasteiger partial charge in [-0.05, 0) is 36.5 Å². The van der Waals surface area contributed by atoms with Crippen molar-refractivity contribution < 1.29 is 40.6 Å². The molecule has 1 aromatic carbocycles. The normalized spacial score (nSPS) is 17.9. The van der Waals surface area contributed by atoms with Crippen molar-refractivity contribution in [2.75, 3.05) is 18.1 Å². The number of aryl methyl sites for hydroxylation is 1. The molecule has 1 aromatic rings. The van der Waals surface area contributed by atoms with Gasteiger partial charge >= 0.3 is 12.4 Å². The number of fused-ring (bicyclic) bond motifs is 1.